The maximum atomic E-state index is 11.2. The predicted octanol–water partition coefficient (Wildman–Crippen LogP) is 2.48. The molecule has 2 aromatic carbocycles. The molecule has 43 heavy (non-hydrogen) atoms. The molecule has 5 rings (SSSR count). The Morgan fingerprint density at radius 3 is 2.00 bits per heavy atom. The van der Waals surface area contributed by atoms with E-state index in [4.69, 9.17) is 9.47 Å². The van der Waals surface area contributed by atoms with Gasteiger partial charge in [-0.25, -0.2) is 0 Å². The minimum absolute atomic E-state index is 0.0877. The van der Waals surface area contributed by atoms with Gasteiger partial charge in [0.15, 0.2) is 11.5 Å². The number of nitrogens with zero attached hydrogens (tertiary/aromatic N) is 7. The van der Waals surface area contributed by atoms with Crippen LogP contribution in [-0.4, -0.2) is 61.9 Å². The van der Waals surface area contributed by atoms with Crippen molar-refractivity contribution in [3.63, 3.8) is 0 Å². The number of amides is 2. The van der Waals surface area contributed by atoms with Gasteiger partial charge in [-0.1, -0.05) is 35.5 Å². The first kappa shape index (κ1) is 29.5. The van der Waals surface area contributed by atoms with Gasteiger partial charge >= 0.3 is 0 Å². The monoisotopic (exact) mass is 587 g/mol. The molecular weight excluding hydrogens is 550 g/mol. The van der Waals surface area contributed by atoms with Gasteiger partial charge in [0.25, 0.3) is 0 Å². The van der Waals surface area contributed by atoms with E-state index in [0.717, 1.165) is 29.7 Å². The fraction of sp³-hybridized carbons (Fsp3) is 0.400. The number of aryl methyl sites for hydroxylation is 1. The van der Waals surface area contributed by atoms with Gasteiger partial charge in [0.05, 0.1) is 25.5 Å². The van der Waals surface area contributed by atoms with Gasteiger partial charge in [-0.15, -0.1) is 10.2 Å². The minimum Gasteiger partial charge on any atom is -0.483 e. The Balaban J connectivity index is 1.37. The highest BCUT2D eigenvalue weighted by molar-refractivity contribution is 5.87. The van der Waals surface area contributed by atoms with Crippen LogP contribution < -0.4 is 25.0 Å². The van der Waals surface area contributed by atoms with Gasteiger partial charge in [-0.05, 0) is 35.2 Å². The summed E-state index contributed by atoms with van der Waals surface area (Å²) in [6, 6.07) is 10.5. The third-order valence-electron chi connectivity index (χ3n) is 7.10. The quantitative estimate of drug-likeness (QED) is 0.241. The summed E-state index contributed by atoms with van der Waals surface area (Å²) in [5, 5.41) is 22.2. The summed E-state index contributed by atoms with van der Waals surface area (Å²) in [6.45, 7) is 8.20. The third kappa shape index (κ3) is 7.29. The number of aromatic nitrogens is 6. The maximum Gasteiger partial charge on any atom is 0.216 e. The first-order chi connectivity index (χ1) is 20.8. The van der Waals surface area contributed by atoms with Gasteiger partial charge in [-0.3, -0.25) is 19.0 Å². The number of carbonyl (C=O) groups is 2. The minimum atomic E-state index is -0.0880. The lowest BCUT2D eigenvalue weighted by atomic mass is 9.90. The van der Waals surface area contributed by atoms with Crippen LogP contribution in [0.2, 0.25) is 0 Å². The normalized spacial score (nSPS) is 12.0. The molecule has 0 saturated heterocycles. The summed E-state index contributed by atoms with van der Waals surface area (Å²) in [6.07, 6.45) is 4.55. The molecule has 13 heteroatoms. The molecule has 2 aromatic heterocycles. The van der Waals surface area contributed by atoms with Crippen molar-refractivity contribution in [2.24, 2.45) is 0 Å². The zero-order chi connectivity index (χ0) is 30.3. The van der Waals surface area contributed by atoms with Crippen molar-refractivity contribution in [1.82, 2.24) is 40.6 Å². The number of hydrogen-bond acceptors (Lipinski definition) is 9. The van der Waals surface area contributed by atoms with Crippen molar-refractivity contribution in [2.45, 2.75) is 60.0 Å². The molecule has 1 aliphatic rings. The lowest BCUT2D eigenvalue weighted by molar-refractivity contribution is -0.119. The molecule has 4 aromatic rings. The molecule has 2 amide bonds. The van der Waals surface area contributed by atoms with Crippen molar-refractivity contribution < 1.29 is 19.1 Å². The van der Waals surface area contributed by atoms with Crippen LogP contribution in [0.15, 0.2) is 42.7 Å². The Labute approximate surface area is 250 Å². The summed E-state index contributed by atoms with van der Waals surface area (Å²) in [4.78, 5) is 24.6. The second-order valence-electron chi connectivity index (χ2n) is 10.5. The van der Waals surface area contributed by atoms with Gasteiger partial charge in [0.1, 0.15) is 24.6 Å². The molecule has 0 saturated carbocycles. The van der Waals surface area contributed by atoms with E-state index >= 15 is 0 Å². The molecule has 13 nitrogen and oxygen atoms in total. The van der Waals surface area contributed by atoms with Crippen LogP contribution in [0.25, 0.3) is 11.1 Å². The van der Waals surface area contributed by atoms with E-state index in [0.29, 0.717) is 49.1 Å². The number of fused-ring (bicyclic) bond motifs is 3. The molecule has 0 fully saturated rings. The molecular formula is C30H37N9O4. The van der Waals surface area contributed by atoms with Crippen LogP contribution in [0, 0.1) is 0 Å². The van der Waals surface area contributed by atoms with Crippen LogP contribution in [-0.2, 0) is 48.9 Å². The molecule has 0 unspecified atom stereocenters. The molecule has 3 heterocycles. The number of carbonyl (C=O) groups excluding carboxylic acids is 2. The van der Waals surface area contributed by atoms with Crippen molar-refractivity contribution in [1.29, 1.82) is 0 Å². The van der Waals surface area contributed by atoms with E-state index in [1.54, 1.807) is 21.8 Å². The molecule has 2 N–H and O–H groups in total. The molecule has 0 spiro atoms. The highest BCUT2D eigenvalue weighted by Gasteiger charge is 2.25. The SMILES string of the molecule is CCc1cccc2c1N(C)Cc1cc(OCc3cn(CCNC(C)=O)nn3)c(OCc3cn(CCNC(C)=O)nn3)cc1-2. The number of ether oxygens (including phenoxy) is 2. The van der Waals surface area contributed by atoms with Crippen molar-refractivity contribution in [3.8, 4) is 22.6 Å². The molecule has 0 aliphatic carbocycles. The third-order valence-corrected chi connectivity index (χ3v) is 7.10. The number of hydrogen-bond donors (Lipinski definition) is 2. The fourth-order valence-corrected chi connectivity index (χ4v) is 5.11. The molecule has 0 radical (unpaired) electrons. The summed E-state index contributed by atoms with van der Waals surface area (Å²) in [5.41, 5.74) is 7.24. The summed E-state index contributed by atoms with van der Waals surface area (Å²) >= 11 is 0. The lowest BCUT2D eigenvalue weighted by Crippen LogP contribution is -2.24. The number of rotatable bonds is 13. The second kappa shape index (κ2) is 13.4. The Kier molecular flexibility index (Phi) is 9.18. The number of benzene rings is 2. The first-order valence-electron chi connectivity index (χ1n) is 14.3. The summed E-state index contributed by atoms with van der Waals surface area (Å²) < 4.78 is 15.9. The van der Waals surface area contributed by atoms with E-state index in [-0.39, 0.29) is 25.0 Å². The fourth-order valence-electron chi connectivity index (χ4n) is 5.11. The molecule has 1 aliphatic heterocycles. The van der Waals surface area contributed by atoms with E-state index in [1.807, 2.05) is 12.1 Å². The van der Waals surface area contributed by atoms with Crippen LogP contribution in [0.5, 0.6) is 11.5 Å². The van der Waals surface area contributed by atoms with E-state index in [2.05, 4.69) is 68.3 Å². The smallest absolute Gasteiger partial charge is 0.216 e. The molecule has 226 valence electrons. The van der Waals surface area contributed by atoms with Crippen LogP contribution >= 0.6 is 0 Å². The highest BCUT2D eigenvalue weighted by atomic mass is 16.5. The van der Waals surface area contributed by atoms with Crippen molar-refractivity contribution >= 4 is 17.5 Å². The first-order valence-corrected chi connectivity index (χ1v) is 14.3. The van der Waals surface area contributed by atoms with Gasteiger partial charge < -0.3 is 25.0 Å². The highest BCUT2D eigenvalue weighted by Crippen LogP contribution is 2.45. The summed E-state index contributed by atoms with van der Waals surface area (Å²) in [5.74, 6) is 1.00. The van der Waals surface area contributed by atoms with E-state index in [1.165, 1.54) is 25.1 Å². The Bertz CT molecular complexity index is 1600. The zero-order valence-corrected chi connectivity index (χ0v) is 25.0. The van der Waals surface area contributed by atoms with E-state index < -0.39 is 0 Å². The average Bonchev–Trinajstić information content (AvgIpc) is 3.63. The van der Waals surface area contributed by atoms with E-state index in [9.17, 15) is 9.59 Å². The van der Waals surface area contributed by atoms with Gasteiger partial charge in [0, 0.05) is 51.8 Å². The summed E-state index contributed by atoms with van der Waals surface area (Å²) in [7, 11) is 2.11. The van der Waals surface area contributed by atoms with Crippen LogP contribution in [0.4, 0.5) is 5.69 Å². The average molecular weight is 588 g/mol. The number of anilines is 1. The Morgan fingerprint density at radius 2 is 1.44 bits per heavy atom. The standard InChI is InChI=1S/C30H37N9O4/c1-5-22-7-6-8-26-27-14-29(43-19-25-17-39(36-34-25)12-10-32-21(3)41)28(13-23(27)15-37(4)30(22)26)42-18-24-16-38(35-33-24)11-9-31-20(2)40/h6-8,13-14,16-17H,5,9-12,15,18-19H2,1-4H3,(H,31,40)(H,32,41). The Hall–Kier alpha value is -4.94. The van der Waals surface area contributed by atoms with Crippen LogP contribution in [0.1, 0.15) is 43.3 Å². The molecule has 0 atom stereocenters. The van der Waals surface area contributed by atoms with Crippen molar-refractivity contribution in [2.75, 3.05) is 25.0 Å². The van der Waals surface area contributed by atoms with Crippen molar-refractivity contribution in [3.05, 3.63) is 65.2 Å². The second-order valence-corrected chi connectivity index (χ2v) is 10.5. The topological polar surface area (TPSA) is 141 Å². The predicted molar refractivity (Wildman–Crippen MR) is 159 cm³/mol. The largest absolute Gasteiger partial charge is 0.483 e. The Morgan fingerprint density at radius 1 is 0.860 bits per heavy atom. The molecule has 0 bridgehead atoms. The van der Waals surface area contributed by atoms with Crippen LogP contribution in [0.3, 0.4) is 0 Å². The van der Waals surface area contributed by atoms with Gasteiger partial charge in [0.2, 0.25) is 11.8 Å². The number of para-hydroxylation sites is 1. The lowest BCUT2D eigenvalue weighted by Gasteiger charge is -2.32. The zero-order valence-electron chi connectivity index (χ0n) is 25.0. The maximum absolute atomic E-state index is 11.2. The van der Waals surface area contributed by atoms with Gasteiger partial charge in [-0.2, -0.15) is 0 Å². The number of nitrogens with one attached hydrogen (secondary N) is 2.